The Bertz CT molecular complexity index is 1300. The molecule has 1 amide bonds. The van der Waals surface area contributed by atoms with Crippen molar-refractivity contribution in [2.75, 3.05) is 13.1 Å². The molecule has 2 aliphatic rings. The molecular weight excluding hydrogens is 440 g/mol. The van der Waals surface area contributed by atoms with Crippen molar-refractivity contribution >= 4 is 15.9 Å². The molecule has 0 radical (unpaired) electrons. The van der Waals surface area contributed by atoms with Crippen molar-refractivity contribution in [3.05, 3.63) is 65.0 Å². The molecular formula is C24H26N4O4S. The lowest BCUT2D eigenvalue weighted by molar-refractivity contribution is 0.0743. The molecule has 1 aromatic heterocycles. The third kappa shape index (κ3) is 4.30. The van der Waals surface area contributed by atoms with E-state index < -0.39 is 10.0 Å². The highest BCUT2D eigenvalue weighted by atomic mass is 32.2. The number of likely N-dealkylation sites (tertiary alicyclic amines) is 1. The van der Waals surface area contributed by atoms with Gasteiger partial charge in [-0.3, -0.25) is 4.79 Å². The summed E-state index contributed by atoms with van der Waals surface area (Å²) in [6.45, 7) is 3.12. The van der Waals surface area contributed by atoms with Gasteiger partial charge in [0.1, 0.15) is 0 Å². The molecule has 1 unspecified atom stereocenters. The van der Waals surface area contributed by atoms with Gasteiger partial charge in [0, 0.05) is 24.7 Å². The van der Waals surface area contributed by atoms with Gasteiger partial charge in [0.15, 0.2) is 0 Å². The Morgan fingerprint density at radius 2 is 1.91 bits per heavy atom. The molecule has 0 spiro atoms. The summed E-state index contributed by atoms with van der Waals surface area (Å²) in [4.78, 5) is 18.6. The molecule has 9 heteroatoms. The van der Waals surface area contributed by atoms with Crippen LogP contribution < -0.4 is 4.72 Å². The molecule has 5 rings (SSSR count). The summed E-state index contributed by atoms with van der Waals surface area (Å²) in [5.74, 6) is -0.172. The lowest BCUT2D eigenvalue weighted by atomic mass is 9.88. The molecule has 0 saturated carbocycles. The Balaban J connectivity index is 1.42. The molecule has 2 aromatic carbocycles. The first kappa shape index (κ1) is 21.8. The first-order valence-corrected chi connectivity index (χ1v) is 12.7. The number of hydrogen-bond acceptors (Lipinski definition) is 6. The Labute approximate surface area is 193 Å². The molecule has 33 heavy (non-hydrogen) atoms. The molecule has 2 heterocycles. The van der Waals surface area contributed by atoms with Gasteiger partial charge >= 0.3 is 11.8 Å². The quantitative estimate of drug-likeness (QED) is 0.616. The smallest absolute Gasteiger partial charge is 0.316 e. The first-order valence-electron chi connectivity index (χ1n) is 11.3. The van der Waals surface area contributed by atoms with Crippen LogP contribution in [0.5, 0.6) is 0 Å². The van der Waals surface area contributed by atoms with E-state index in [2.05, 4.69) is 20.9 Å². The van der Waals surface area contributed by atoms with Gasteiger partial charge in [-0.05, 0) is 61.8 Å². The van der Waals surface area contributed by atoms with E-state index in [1.54, 1.807) is 30.0 Å². The number of aryl methyl sites for hydroxylation is 2. The maximum atomic E-state index is 13.4. The third-order valence-corrected chi connectivity index (χ3v) is 8.02. The van der Waals surface area contributed by atoms with Gasteiger partial charge in [-0.2, -0.15) is 4.98 Å². The van der Waals surface area contributed by atoms with Crippen LogP contribution in [0.15, 0.2) is 51.9 Å². The number of benzene rings is 2. The number of rotatable bonds is 5. The fourth-order valence-electron chi connectivity index (χ4n) is 4.64. The fraction of sp³-hybridized carbons (Fsp3) is 0.375. The summed E-state index contributed by atoms with van der Waals surface area (Å²) >= 11 is 0. The molecule has 1 saturated heterocycles. The van der Waals surface area contributed by atoms with Crippen molar-refractivity contribution < 1.29 is 17.7 Å². The van der Waals surface area contributed by atoms with E-state index >= 15 is 0 Å². The van der Waals surface area contributed by atoms with Crippen molar-refractivity contribution in [1.82, 2.24) is 19.8 Å². The number of carbonyl (C=O) groups excluding carboxylic acids is 1. The summed E-state index contributed by atoms with van der Waals surface area (Å²) in [5.41, 5.74) is 3.31. The predicted molar refractivity (Wildman–Crippen MR) is 122 cm³/mol. The normalized spacial score (nSPS) is 18.3. The highest BCUT2D eigenvalue weighted by Crippen LogP contribution is 2.32. The zero-order chi connectivity index (χ0) is 23.0. The van der Waals surface area contributed by atoms with Crippen molar-refractivity contribution in [1.29, 1.82) is 0 Å². The van der Waals surface area contributed by atoms with Crippen LogP contribution in [0.3, 0.4) is 0 Å². The molecule has 1 aliphatic carbocycles. The number of amides is 1. The van der Waals surface area contributed by atoms with Crippen molar-refractivity contribution in [2.45, 2.75) is 50.0 Å². The molecule has 1 aliphatic heterocycles. The van der Waals surface area contributed by atoms with Crippen LogP contribution in [0.2, 0.25) is 0 Å². The van der Waals surface area contributed by atoms with Gasteiger partial charge < -0.3 is 9.42 Å². The monoisotopic (exact) mass is 466 g/mol. The van der Waals surface area contributed by atoms with E-state index in [9.17, 15) is 13.2 Å². The van der Waals surface area contributed by atoms with Gasteiger partial charge in [-0.25, -0.2) is 13.1 Å². The standard InChI is InChI=1S/C24H26N4O4S/c1-16-11-12-18(22-25-23(32-26-22)24(29)28-13-4-5-14-28)15-21(16)33(30,31)27-20-10-6-8-17-7-2-3-9-19(17)20/h2-3,7,9,11-12,15,20,27H,4-6,8,10,13-14H2,1H3. The fourth-order valence-corrected chi connectivity index (χ4v) is 6.16. The minimum absolute atomic E-state index is 0.0752. The van der Waals surface area contributed by atoms with E-state index in [1.165, 1.54) is 5.56 Å². The summed E-state index contributed by atoms with van der Waals surface area (Å²) in [6, 6.07) is 12.7. The van der Waals surface area contributed by atoms with Gasteiger partial charge in [-0.15, -0.1) is 0 Å². The lowest BCUT2D eigenvalue weighted by Gasteiger charge is -2.26. The van der Waals surface area contributed by atoms with E-state index in [4.69, 9.17) is 4.52 Å². The van der Waals surface area contributed by atoms with Crippen LogP contribution in [0.1, 0.15) is 59.1 Å². The number of sulfonamides is 1. The number of carbonyl (C=O) groups is 1. The number of nitrogens with one attached hydrogen (secondary N) is 1. The van der Waals surface area contributed by atoms with Crippen LogP contribution in [-0.4, -0.2) is 42.5 Å². The second kappa shape index (κ2) is 8.72. The summed E-state index contributed by atoms with van der Waals surface area (Å²) in [7, 11) is -3.80. The number of nitrogens with zero attached hydrogens (tertiary/aromatic N) is 3. The van der Waals surface area contributed by atoms with E-state index in [1.807, 2.05) is 18.2 Å². The molecule has 1 N–H and O–H groups in total. The van der Waals surface area contributed by atoms with Gasteiger partial charge in [0.25, 0.3) is 0 Å². The van der Waals surface area contributed by atoms with Crippen LogP contribution >= 0.6 is 0 Å². The molecule has 172 valence electrons. The van der Waals surface area contributed by atoms with Crippen LogP contribution in [0.4, 0.5) is 0 Å². The van der Waals surface area contributed by atoms with Crippen molar-refractivity contribution in [2.24, 2.45) is 0 Å². The van der Waals surface area contributed by atoms with Crippen LogP contribution in [-0.2, 0) is 16.4 Å². The molecule has 1 fully saturated rings. The van der Waals surface area contributed by atoms with E-state index in [0.29, 0.717) is 24.2 Å². The number of aromatic nitrogens is 2. The second-order valence-corrected chi connectivity index (χ2v) is 10.4. The van der Waals surface area contributed by atoms with Gasteiger partial charge in [0.05, 0.1) is 4.90 Å². The van der Waals surface area contributed by atoms with Crippen molar-refractivity contribution in [3.8, 4) is 11.4 Å². The molecule has 0 bridgehead atoms. The second-order valence-electron chi connectivity index (χ2n) is 8.67. The summed E-state index contributed by atoms with van der Waals surface area (Å²) in [5, 5.41) is 3.93. The van der Waals surface area contributed by atoms with Gasteiger partial charge in [0.2, 0.25) is 15.8 Å². The van der Waals surface area contributed by atoms with Crippen LogP contribution in [0, 0.1) is 6.92 Å². The van der Waals surface area contributed by atoms with E-state index in [-0.39, 0.29) is 28.6 Å². The van der Waals surface area contributed by atoms with Crippen molar-refractivity contribution in [3.63, 3.8) is 0 Å². The summed E-state index contributed by atoms with van der Waals surface area (Å²) < 4.78 is 34.8. The highest BCUT2D eigenvalue weighted by Gasteiger charge is 2.28. The molecule has 3 aromatic rings. The zero-order valence-corrected chi connectivity index (χ0v) is 19.3. The predicted octanol–water partition coefficient (Wildman–Crippen LogP) is 3.64. The lowest BCUT2D eigenvalue weighted by Crippen LogP contribution is -2.31. The molecule has 8 nitrogen and oxygen atoms in total. The number of hydrogen-bond donors (Lipinski definition) is 1. The maximum Gasteiger partial charge on any atom is 0.316 e. The maximum absolute atomic E-state index is 13.4. The largest absolute Gasteiger partial charge is 0.334 e. The first-order chi connectivity index (χ1) is 15.9. The Morgan fingerprint density at radius 3 is 2.73 bits per heavy atom. The summed E-state index contributed by atoms with van der Waals surface area (Å²) in [6.07, 6.45) is 4.57. The number of fused-ring (bicyclic) bond motifs is 1. The minimum atomic E-state index is -3.80. The zero-order valence-electron chi connectivity index (χ0n) is 18.5. The SMILES string of the molecule is Cc1ccc(-c2noc(C(=O)N3CCCC3)n2)cc1S(=O)(=O)NC1CCCc2ccccc21. The van der Waals surface area contributed by atoms with Gasteiger partial charge in [-0.1, -0.05) is 41.6 Å². The molecule has 1 atom stereocenters. The Morgan fingerprint density at radius 1 is 1.12 bits per heavy atom. The average molecular weight is 467 g/mol. The Kier molecular flexibility index (Phi) is 5.76. The average Bonchev–Trinajstić information content (AvgIpc) is 3.52. The Hall–Kier alpha value is -3.04. The highest BCUT2D eigenvalue weighted by molar-refractivity contribution is 7.89. The van der Waals surface area contributed by atoms with E-state index in [0.717, 1.165) is 37.7 Å². The van der Waals surface area contributed by atoms with Crippen LogP contribution in [0.25, 0.3) is 11.4 Å². The third-order valence-electron chi connectivity index (χ3n) is 6.40. The topological polar surface area (TPSA) is 105 Å². The minimum Gasteiger partial charge on any atom is -0.334 e.